The van der Waals surface area contributed by atoms with E-state index in [9.17, 15) is 14.4 Å². The van der Waals surface area contributed by atoms with E-state index in [1.807, 2.05) is 40.0 Å². The summed E-state index contributed by atoms with van der Waals surface area (Å²) < 4.78 is 27.0. The number of benzene rings is 1. The van der Waals surface area contributed by atoms with Crippen LogP contribution in [0.25, 0.3) is 33.6 Å². The number of aromatic nitrogens is 3. The van der Waals surface area contributed by atoms with Crippen LogP contribution in [0.3, 0.4) is 0 Å². The van der Waals surface area contributed by atoms with Crippen LogP contribution in [0.5, 0.6) is 0 Å². The van der Waals surface area contributed by atoms with Crippen LogP contribution in [0.4, 0.5) is 5.69 Å². The number of hydrogen-bond acceptors (Lipinski definition) is 12. The number of nitrogens with one attached hydrogen (secondary N) is 2. The molecular formula is C47H64N8O7. The summed E-state index contributed by atoms with van der Waals surface area (Å²) in [6.07, 6.45) is 3.86. The number of likely N-dealkylation sites (N-methyl/N-ethyl adjacent to an activating group) is 1. The molecular weight excluding hydrogens is 789 g/mol. The van der Waals surface area contributed by atoms with E-state index in [4.69, 9.17) is 28.6 Å². The fraction of sp³-hybridized carbons (Fsp3) is 0.596. The molecule has 3 fully saturated rings. The van der Waals surface area contributed by atoms with Gasteiger partial charge in [-0.15, -0.1) is 0 Å². The molecule has 6 bridgehead atoms. The Kier molecular flexibility index (Phi) is 12.5. The summed E-state index contributed by atoms with van der Waals surface area (Å²) in [7, 11) is 3.87. The molecule has 2 saturated heterocycles. The van der Waals surface area contributed by atoms with Gasteiger partial charge < -0.3 is 38.3 Å². The number of esters is 1. The number of carbonyl (C=O) groups is 3. The van der Waals surface area contributed by atoms with Crippen molar-refractivity contribution in [2.24, 2.45) is 23.2 Å². The lowest BCUT2D eigenvalue weighted by Crippen LogP contribution is -2.61. The number of amides is 2. The first-order valence-corrected chi connectivity index (χ1v) is 22.5. The van der Waals surface area contributed by atoms with Crippen LogP contribution in [0.1, 0.15) is 90.5 Å². The molecule has 2 amide bonds. The third-order valence-electron chi connectivity index (χ3n) is 13.6. The third kappa shape index (κ3) is 8.48. The molecule has 0 radical (unpaired) electrons. The zero-order valence-corrected chi connectivity index (χ0v) is 37.8. The van der Waals surface area contributed by atoms with E-state index < -0.39 is 35.5 Å². The van der Waals surface area contributed by atoms with E-state index in [1.165, 1.54) is 11.3 Å². The van der Waals surface area contributed by atoms with Crippen molar-refractivity contribution in [3.8, 4) is 22.7 Å². The Morgan fingerprint density at radius 2 is 1.84 bits per heavy atom. The lowest BCUT2D eigenvalue weighted by atomic mass is 9.84. The summed E-state index contributed by atoms with van der Waals surface area (Å²) in [5, 5.41) is 5.50. The first kappa shape index (κ1) is 43.8. The van der Waals surface area contributed by atoms with Crippen molar-refractivity contribution in [3.63, 3.8) is 0 Å². The van der Waals surface area contributed by atoms with Crippen molar-refractivity contribution in [1.29, 1.82) is 0 Å². The number of rotatable bonds is 9. The van der Waals surface area contributed by atoms with E-state index in [0.717, 1.165) is 70.8 Å². The van der Waals surface area contributed by atoms with Crippen LogP contribution >= 0.6 is 0 Å². The number of oxazole rings is 1. The maximum atomic E-state index is 14.6. The molecule has 3 aromatic heterocycles. The highest BCUT2D eigenvalue weighted by molar-refractivity contribution is 5.95. The highest BCUT2D eigenvalue weighted by Gasteiger charge is 2.50. The zero-order valence-electron chi connectivity index (χ0n) is 37.8. The molecule has 4 aliphatic rings. The van der Waals surface area contributed by atoms with Crippen LogP contribution < -0.4 is 15.6 Å². The molecule has 1 saturated carbocycles. The van der Waals surface area contributed by atoms with E-state index >= 15 is 0 Å². The second-order valence-corrected chi connectivity index (χ2v) is 18.5. The summed E-state index contributed by atoms with van der Waals surface area (Å²) in [6.45, 7) is 19.5. The standard InChI is InChI=1S/C47H64N8O7/c1-10-54-37-15-14-30-21-32(37)34(41(54)33-22-31(24-48-39(33)29(5)59-9)53-19-17-52(8)18-20-53)23-47(6,7)26-62-46(58)35-13-12-16-55(51-35)45(57)40(50-43(56)38-27(3)28(38)4)42(60-11-2)36-25-61-44(30)49-36/h14-15,21-22,24-25,27-29,35,38,40,42,51H,10-13,16-20,23,26H2,1-9H3,(H,50,56)/t27-,28+,29-,35-,38+,40-,42+/m0/s1. The minimum absolute atomic E-state index is 0.142. The van der Waals surface area contributed by atoms with Crippen molar-refractivity contribution < 1.29 is 33.0 Å². The molecule has 4 aromatic rings. The number of cyclic esters (lactones) is 1. The summed E-state index contributed by atoms with van der Waals surface area (Å²) >= 11 is 0. The normalized spacial score (nSPS) is 26.3. The number of piperazine rings is 1. The van der Waals surface area contributed by atoms with Crippen molar-refractivity contribution in [3.05, 3.63) is 53.7 Å². The second kappa shape index (κ2) is 17.7. The highest BCUT2D eigenvalue weighted by Crippen LogP contribution is 2.46. The third-order valence-corrected chi connectivity index (χ3v) is 13.6. The number of fused-ring (bicyclic) bond motifs is 6. The minimum Gasteiger partial charge on any atom is -0.464 e. The fourth-order valence-electron chi connectivity index (χ4n) is 9.62. The van der Waals surface area contributed by atoms with Gasteiger partial charge in [0.25, 0.3) is 5.91 Å². The SMILES string of the molecule is CCO[C@@H]1c2coc(n2)-c2ccc3c(c2)c(c(-c2cc(N4CCN(C)CC4)cnc2[C@H](C)OC)n3CC)CC(C)(C)COC(=O)[C@@H]2CCCN(N2)C(=O)[C@H]1NC(=O)[C@H]1[C@H](C)[C@@H]1C. The zero-order chi connectivity index (χ0) is 44.0. The maximum absolute atomic E-state index is 14.6. The summed E-state index contributed by atoms with van der Waals surface area (Å²) in [5.74, 6) is -0.529. The molecule has 3 aliphatic heterocycles. The molecule has 8 rings (SSSR count). The first-order chi connectivity index (χ1) is 29.7. The molecule has 334 valence electrons. The molecule has 15 heteroatoms. The second-order valence-electron chi connectivity index (χ2n) is 18.5. The van der Waals surface area contributed by atoms with Crippen LogP contribution in [0.2, 0.25) is 0 Å². The molecule has 7 atom stereocenters. The number of carbonyl (C=O) groups excluding carboxylic acids is 3. The predicted octanol–water partition coefficient (Wildman–Crippen LogP) is 5.92. The van der Waals surface area contributed by atoms with Gasteiger partial charge in [0, 0.05) is 86.3 Å². The van der Waals surface area contributed by atoms with E-state index in [0.29, 0.717) is 43.9 Å². The predicted molar refractivity (Wildman–Crippen MR) is 236 cm³/mol. The Hall–Kier alpha value is -4.83. The van der Waals surface area contributed by atoms with Gasteiger partial charge in [-0.3, -0.25) is 24.4 Å². The van der Waals surface area contributed by atoms with Crippen LogP contribution in [0, 0.1) is 23.2 Å². The smallest absolute Gasteiger partial charge is 0.324 e. The first-order valence-electron chi connectivity index (χ1n) is 22.5. The topological polar surface area (TPSA) is 157 Å². The van der Waals surface area contributed by atoms with Gasteiger partial charge in [0.2, 0.25) is 11.8 Å². The van der Waals surface area contributed by atoms with Crippen LogP contribution in [-0.2, 0) is 41.6 Å². The van der Waals surface area contributed by atoms with Crippen LogP contribution in [-0.4, -0.2) is 114 Å². The molecule has 0 spiro atoms. The quantitative estimate of drug-likeness (QED) is 0.192. The number of hydrazine groups is 1. The number of anilines is 1. The number of methoxy groups -OCH3 is 1. The van der Waals surface area contributed by atoms with Gasteiger partial charge in [-0.05, 0) is 88.7 Å². The lowest BCUT2D eigenvalue weighted by molar-refractivity contribution is -0.156. The van der Waals surface area contributed by atoms with Crippen molar-refractivity contribution in [2.75, 3.05) is 65.0 Å². The minimum atomic E-state index is -1.14. The summed E-state index contributed by atoms with van der Waals surface area (Å²) in [4.78, 5) is 57.1. The Morgan fingerprint density at radius 1 is 1.08 bits per heavy atom. The molecule has 0 unspecified atom stereocenters. The summed E-state index contributed by atoms with van der Waals surface area (Å²) in [5.41, 5.74) is 9.84. The van der Waals surface area contributed by atoms with Crippen molar-refractivity contribution in [1.82, 2.24) is 35.2 Å². The maximum Gasteiger partial charge on any atom is 0.324 e. The van der Waals surface area contributed by atoms with Gasteiger partial charge >= 0.3 is 5.97 Å². The molecule has 1 aliphatic carbocycles. The molecule has 1 aromatic carbocycles. The Bertz CT molecular complexity index is 2290. The van der Waals surface area contributed by atoms with Gasteiger partial charge in [0.15, 0.2) is 0 Å². The average Bonchev–Trinajstić information content (AvgIpc) is 3.54. The van der Waals surface area contributed by atoms with Crippen molar-refractivity contribution in [2.45, 2.75) is 98.6 Å². The van der Waals surface area contributed by atoms with Gasteiger partial charge in [-0.2, -0.15) is 0 Å². The van der Waals surface area contributed by atoms with Gasteiger partial charge in [0.1, 0.15) is 30.1 Å². The average molecular weight is 853 g/mol. The Labute approximate surface area is 364 Å². The van der Waals surface area contributed by atoms with Crippen molar-refractivity contribution >= 4 is 34.4 Å². The highest BCUT2D eigenvalue weighted by atomic mass is 16.5. The van der Waals surface area contributed by atoms with E-state index in [1.54, 1.807) is 7.11 Å². The molecule has 15 nitrogen and oxygen atoms in total. The summed E-state index contributed by atoms with van der Waals surface area (Å²) in [6, 6.07) is 6.61. The van der Waals surface area contributed by atoms with Crippen LogP contribution in [0.15, 0.2) is 41.1 Å². The van der Waals surface area contributed by atoms with Gasteiger partial charge in [-0.1, -0.05) is 27.7 Å². The Balaban J connectivity index is 1.29. The van der Waals surface area contributed by atoms with Gasteiger partial charge in [-0.25, -0.2) is 10.4 Å². The van der Waals surface area contributed by atoms with E-state index in [2.05, 4.69) is 71.1 Å². The number of nitrogens with zero attached hydrogens (tertiary/aromatic N) is 6. The largest absolute Gasteiger partial charge is 0.464 e. The van der Waals surface area contributed by atoms with E-state index in [-0.39, 0.29) is 43.0 Å². The number of pyridine rings is 1. The van der Waals surface area contributed by atoms with Gasteiger partial charge in [0.05, 0.1) is 36.0 Å². The molecule has 2 N–H and O–H groups in total. The fourth-order valence-corrected chi connectivity index (χ4v) is 9.62. The number of ether oxygens (including phenoxy) is 3. The Morgan fingerprint density at radius 3 is 2.53 bits per heavy atom. The number of aryl methyl sites for hydroxylation is 1. The molecule has 62 heavy (non-hydrogen) atoms. The molecule has 6 heterocycles. The lowest BCUT2D eigenvalue weighted by Gasteiger charge is -2.37. The monoisotopic (exact) mass is 852 g/mol. The number of hydrogen-bond donors (Lipinski definition) is 2.